The number of nitrogens with zero attached hydrogens (tertiary/aromatic N) is 1. The number of imide groups is 1. The molecule has 3 rings (SSSR count). The average Bonchev–Trinajstić information content (AvgIpc) is 3.00. The molecule has 26 heavy (non-hydrogen) atoms. The first-order valence-corrected chi connectivity index (χ1v) is 8.21. The van der Waals surface area contributed by atoms with Gasteiger partial charge in [0, 0.05) is 12.6 Å². The molecule has 0 bridgehead atoms. The van der Waals surface area contributed by atoms with Gasteiger partial charge in [-0.2, -0.15) is 0 Å². The van der Waals surface area contributed by atoms with Crippen LogP contribution in [0.4, 0.5) is 4.79 Å². The van der Waals surface area contributed by atoms with Crippen molar-refractivity contribution in [2.24, 2.45) is 0 Å². The van der Waals surface area contributed by atoms with Gasteiger partial charge in [0.25, 0.3) is 0 Å². The zero-order valence-electron chi connectivity index (χ0n) is 15.0. The summed E-state index contributed by atoms with van der Waals surface area (Å²) in [6.45, 7) is 6.43. The number of carbonyl (C=O) groups is 3. The number of benzene rings is 1. The first-order chi connectivity index (χ1) is 12.3. The Kier molecular flexibility index (Phi) is 4.58. The molecule has 1 atom stereocenters. The summed E-state index contributed by atoms with van der Waals surface area (Å²) in [5.74, 6) is -0.0273. The molecule has 0 saturated carbocycles. The van der Waals surface area contributed by atoms with Crippen LogP contribution in [0.5, 0.6) is 11.5 Å². The number of esters is 1. The second-order valence-electron chi connectivity index (χ2n) is 6.33. The molecular weight excluding hydrogens is 340 g/mol. The van der Waals surface area contributed by atoms with Gasteiger partial charge in [-0.1, -0.05) is 6.07 Å². The van der Waals surface area contributed by atoms with E-state index in [1.807, 2.05) is 0 Å². The molecule has 0 fully saturated rings. The molecule has 138 valence electrons. The Hall–Kier alpha value is -3.03. The van der Waals surface area contributed by atoms with Crippen LogP contribution in [0.25, 0.3) is 0 Å². The number of hydrogen-bond acceptors (Lipinski definition) is 6. The number of urea groups is 1. The molecule has 0 spiro atoms. The molecule has 0 aliphatic carbocycles. The fraction of sp³-hybridized carbons (Fsp3) is 0.389. The monoisotopic (exact) mass is 360 g/mol. The number of nitrogens with one attached hydrogen (secondary N) is 1. The molecule has 1 aromatic carbocycles. The van der Waals surface area contributed by atoms with Crippen molar-refractivity contribution in [2.75, 3.05) is 6.79 Å². The van der Waals surface area contributed by atoms with Crippen LogP contribution in [0, 0.1) is 0 Å². The molecule has 1 aromatic rings. The molecule has 8 nitrogen and oxygen atoms in total. The molecular formula is C18H20N2O6. The van der Waals surface area contributed by atoms with Crippen molar-refractivity contribution in [2.45, 2.75) is 39.8 Å². The number of hydrogen-bond donors (Lipinski definition) is 1. The van der Waals surface area contributed by atoms with Crippen molar-refractivity contribution in [3.05, 3.63) is 35.0 Å². The summed E-state index contributed by atoms with van der Waals surface area (Å²) in [7, 11) is 0. The van der Waals surface area contributed by atoms with Gasteiger partial charge < -0.3 is 19.5 Å². The summed E-state index contributed by atoms with van der Waals surface area (Å²) in [6, 6.07) is 3.53. The van der Waals surface area contributed by atoms with E-state index in [0.717, 1.165) is 4.90 Å². The lowest BCUT2D eigenvalue weighted by atomic mass is 9.93. The highest BCUT2D eigenvalue weighted by molar-refractivity contribution is 6.01. The van der Waals surface area contributed by atoms with Gasteiger partial charge in [-0.3, -0.25) is 9.69 Å². The van der Waals surface area contributed by atoms with E-state index in [9.17, 15) is 14.4 Å². The molecule has 1 N–H and O–H groups in total. The molecule has 2 aliphatic heterocycles. The lowest BCUT2D eigenvalue weighted by molar-refractivity contribution is -0.143. The fourth-order valence-corrected chi connectivity index (χ4v) is 3.01. The van der Waals surface area contributed by atoms with Crippen LogP contribution in [-0.2, 0) is 14.3 Å². The van der Waals surface area contributed by atoms with Crippen LogP contribution in [0.15, 0.2) is 29.5 Å². The SMILES string of the molecule is CC(=O)N1C(=O)NC(C)=C(C(=O)OC(C)C)[C@@H]1c1ccc2c(c1)OCO2. The van der Waals surface area contributed by atoms with Crippen LogP contribution in [0.2, 0.25) is 0 Å². The summed E-state index contributed by atoms with van der Waals surface area (Å²) in [4.78, 5) is 38.3. The predicted octanol–water partition coefficient (Wildman–Crippen LogP) is 2.25. The number of fused-ring (bicyclic) bond motifs is 1. The third kappa shape index (κ3) is 3.10. The van der Waals surface area contributed by atoms with E-state index >= 15 is 0 Å². The van der Waals surface area contributed by atoms with Crippen molar-refractivity contribution in [1.82, 2.24) is 10.2 Å². The normalized spacial score (nSPS) is 18.9. The second-order valence-corrected chi connectivity index (χ2v) is 6.33. The van der Waals surface area contributed by atoms with Crippen molar-refractivity contribution >= 4 is 17.9 Å². The first-order valence-electron chi connectivity index (χ1n) is 8.21. The topological polar surface area (TPSA) is 94.2 Å². The minimum atomic E-state index is -0.915. The fourth-order valence-electron chi connectivity index (χ4n) is 3.01. The van der Waals surface area contributed by atoms with Crippen LogP contribution in [-0.4, -0.2) is 35.7 Å². The zero-order chi connectivity index (χ0) is 19.0. The Morgan fingerprint density at radius 3 is 2.62 bits per heavy atom. The van der Waals surface area contributed by atoms with Crippen LogP contribution >= 0.6 is 0 Å². The highest BCUT2D eigenvalue weighted by Crippen LogP contribution is 2.40. The average molecular weight is 360 g/mol. The highest BCUT2D eigenvalue weighted by atomic mass is 16.7. The van der Waals surface area contributed by atoms with Crippen molar-refractivity contribution < 1.29 is 28.6 Å². The van der Waals surface area contributed by atoms with E-state index in [2.05, 4.69) is 5.32 Å². The van der Waals surface area contributed by atoms with Gasteiger partial charge in [-0.25, -0.2) is 9.59 Å². The second kappa shape index (κ2) is 6.70. The van der Waals surface area contributed by atoms with Gasteiger partial charge in [-0.05, 0) is 38.5 Å². The Morgan fingerprint density at radius 2 is 1.96 bits per heavy atom. The Morgan fingerprint density at radius 1 is 1.27 bits per heavy atom. The molecule has 0 saturated heterocycles. The number of carbonyl (C=O) groups excluding carboxylic acids is 3. The lowest BCUT2D eigenvalue weighted by Crippen LogP contribution is -2.50. The quantitative estimate of drug-likeness (QED) is 0.831. The van der Waals surface area contributed by atoms with Crippen LogP contribution in [0.3, 0.4) is 0 Å². The Bertz CT molecular complexity index is 814. The predicted molar refractivity (Wildman–Crippen MR) is 90.3 cm³/mol. The summed E-state index contributed by atoms with van der Waals surface area (Å²) < 4.78 is 16.0. The first kappa shape index (κ1) is 17.8. The molecule has 0 aromatic heterocycles. The van der Waals surface area contributed by atoms with E-state index in [1.165, 1.54) is 6.92 Å². The van der Waals surface area contributed by atoms with Crippen LogP contribution < -0.4 is 14.8 Å². The summed E-state index contributed by atoms with van der Waals surface area (Å²) in [6.07, 6.45) is -0.344. The minimum Gasteiger partial charge on any atom is -0.459 e. The Balaban J connectivity index is 2.13. The number of ether oxygens (including phenoxy) is 3. The van der Waals surface area contributed by atoms with E-state index in [-0.39, 0.29) is 18.5 Å². The number of rotatable bonds is 3. The van der Waals surface area contributed by atoms with Crippen molar-refractivity contribution in [1.29, 1.82) is 0 Å². The van der Waals surface area contributed by atoms with Crippen molar-refractivity contribution in [3.8, 4) is 11.5 Å². The van der Waals surface area contributed by atoms with Crippen molar-refractivity contribution in [3.63, 3.8) is 0 Å². The molecule has 2 aliphatic rings. The highest BCUT2D eigenvalue weighted by Gasteiger charge is 2.41. The molecule has 8 heteroatoms. The van der Waals surface area contributed by atoms with E-state index in [1.54, 1.807) is 39.0 Å². The molecule has 2 heterocycles. The van der Waals surface area contributed by atoms with E-state index in [4.69, 9.17) is 14.2 Å². The van der Waals surface area contributed by atoms with Gasteiger partial charge in [0.15, 0.2) is 11.5 Å². The van der Waals surface area contributed by atoms with E-state index in [0.29, 0.717) is 22.8 Å². The maximum Gasteiger partial charge on any atom is 0.338 e. The number of allylic oxidation sites excluding steroid dienone is 1. The third-order valence-electron chi connectivity index (χ3n) is 4.06. The summed E-state index contributed by atoms with van der Waals surface area (Å²) in [5.41, 5.74) is 1.10. The lowest BCUT2D eigenvalue weighted by Gasteiger charge is -2.36. The largest absolute Gasteiger partial charge is 0.459 e. The zero-order valence-corrected chi connectivity index (χ0v) is 15.0. The summed E-state index contributed by atoms with van der Waals surface area (Å²) >= 11 is 0. The maximum atomic E-state index is 12.7. The van der Waals surface area contributed by atoms with Gasteiger partial charge in [0.05, 0.1) is 11.7 Å². The van der Waals surface area contributed by atoms with Gasteiger partial charge in [0.2, 0.25) is 12.7 Å². The van der Waals surface area contributed by atoms with Crippen LogP contribution in [0.1, 0.15) is 39.3 Å². The third-order valence-corrected chi connectivity index (χ3v) is 4.06. The number of amides is 3. The van der Waals surface area contributed by atoms with Gasteiger partial charge in [-0.15, -0.1) is 0 Å². The van der Waals surface area contributed by atoms with Gasteiger partial charge in [0.1, 0.15) is 6.04 Å². The van der Waals surface area contributed by atoms with Gasteiger partial charge >= 0.3 is 12.0 Å². The maximum absolute atomic E-state index is 12.7. The summed E-state index contributed by atoms with van der Waals surface area (Å²) in [5, 5.41) is 2.56. The standard InChI is InChI=1S/C18H20N2O6/c1-9(2)26-17(22)15-10(3)19-18(23)20(11(4)21)16(15)12-5-6-13-14(7-12)25-8-24-13/h5-7,9,16H,8H2,1-4H3,(H,19,23)/t16-/m0/s1. The molecule has 0 unspecified atom stereocenters. The Labute approximate surface area is 150 Å². The van der Waals surface area contributed by atoms with E-state index < -0.39 is 23.9 Å². The molecule has 0 radical (unpaired) electrons. The molecule has 3 amide bonds. The minimum absolute atomic E-state index is 0.0947. The smallest absolute Gasteiger partial charge is 0.338 e.